The second-order valence-corrected chi connectivity index (χ2v) is 3.37. The zero-order valence-electron chi connectivity index (χ0n) is 6.38. The average molecular weight is 276 g/mol. The van der Waals surface area contributed by atoms with Gasteiger partial charge in [0, 0.05) is 30.4 Å². The van der Waals surface area contributed by atoms with Crippen LogP contribution in [0.5, 0.6) is 0 Å². The second kappa shape index (κ2) is 3.67. The third-order valence-electron chi connectivity index (χ3n) is 1.63. The average Bonchev–Trinajstić information content (AvgIpc) is 2.27. The van der Waals surface area contributed by atoms with Crippen LogP contribution >= 0.6 is 15.9 Å². The zero-order valence-corrected chi connectivity index (χ0v) is 10.9. The van der Waals surface area contributed by atoms with Crippen molar-refractivity contribution in [3.63, 3.8) is 0 Å². The molecule has 58 valence electrons. The number of halogens is 1. The third-order valence-corrected chi connectivity index (χ3v) is 2.13. The molecule has 4 heteroatoms. The van der Waals surface area contributed by atoms with Crippen molar-refractivity contribution in [3.05, 3.63) is 33.6 Å². The molecule has 0 saturated heterocycles. The van der Waals surface area contributed by atoms with Gasteiger partial charge < -0.3 is 10.1 Å². The van der Waals surface area contributed by atoms with Crippen LogP contribution in [0, 0.1) is 0 Å². The van der Waals surface area contributed by atoms with E-state index in [9.17, 15) is 4.79 Å². The minimum absolute atomic E-state index is 0. The number of carbonyl (C=O) groups is 1. The van der Waals surface area contributed by atoms with E-state index in [1.165, 1.54) is 0 Å². The van der Waals surface area contributed by atoms with Crippen LogP contribution in [0.15, 0.2) is 22.7 Å². The van der Waals surface area contributed by atoms with Gasteiger partial charge in [0.15, 0.2) is 0 Å². The van der Waals surface area contributed by atoms with Crippen molar-refractivity contribution in [2.24, 2.45) is 0 Å². The molecule has 1 aliphatic rings. The number of carbonyl (C=O) groups excluding carboxylic acids is 1. The van der Waals surface area contributed by atoms with E-state index in [0.29, 0.717) is 6.42 Å². The summed E-state index contributed by atoms with van der Waals surface area (Å²) in [5.41, 5.74) is 1.84. The Morgan fingerprint density at radius 1 is 1.42 bits per heavy atom. The monoisotopic (exact) mass is 274 g/mol. The molecule has 1 amide bonds. The molecule has 1 aromatic carbocycles. The summed E-state index contributed by atoms with van der Waals surface area (Å²) in [6.07, 6.45) is 0.461. The van der Waals surface area contributed by atoms with Gasteiger partial charge >= 0.3 is 0 Å². The first-order valence-corrected chi connectivity index (χ1v) is 4.08. The molecule has 0 bridgehead atoms. The van der Waals surface area contributed by atoms with E-state index in [1.807, 2.05) is 18.2 Å². The van der Waals surface area contributed by atoms with Crippen LogP contribution in [-0.4, -0.2) is 5.91 Å². The summed E-state index contributed by atoms with van der Waals surface area (Å²) in [6.45, 7) is 0. The van der Waals surface area contributed by atoms with Gasteiger partial charge in [-0.1, -0.05) is 33.6 Å². The molecular formula is C8H5BrNOZn-. The van der Waals surface area contributed by atoms with E-state index < -0.39 is 0 Å². The molecule has 0 aromatic heterocycles. The minimum atomic E-state index is -0.0434. The van der Waals surface area contributed by atoms with Crippen molar-refractivity contribution in [2.75, 3.05) is 0 Å². The number of nitrogens with zero attached hydrogens (tertiary/aromatic N) is 1. The third kappa shape index (κ3) is 1.75. The Morgan fingerprint density at radius 3 is 2.92 bits per heavy atom. The molecule has 2 rings (SSSR count). The molecule has 0 saturated carbocycles. The van der Waals surface area contributed by atoms with Crippen molar-refractivity contribution in [3.8, 4) is 0 Å². The molecule has 0 fully saturated rings. The number of rotatable bonds is 0. The van der Waals surface area contributed by atoms with Crippen LogP contribution in [0.1, 0.15) is 5.56 Å². The van der Waals surface area contributed by atoms with E-state index in [2.05, 4.69) is 21.2 Å². The largest absolute Gasteiger partial charge is 0.626 e. The first-order valence-electron chi connectivity index (χ1n) is 3.29. The summed E-state index contributed by atoms with van der Waals surface area (Å²) in [6, 6.07) is 5.71. The topological polar surface area (TPSA) is 31.2 Å². The number of hydrogen-bond acceptors (Lipinski definition) is 1. The van der Waals surface area contributed by atoms with E-state index in [0.717, 1.165) is 15.7 Å². The molecule has 2 nitrogen and oxygen atoms in total. The molecule has 12 heavy (non-hydrogen) atoms. The molecule has 1 heterocycles. The van der Waals surface area contributed by atoms with Gasteiger partial charge in [0.25, 0.3) is 0 Å². The fourth-order valence-corrected chi connectivity index (χ4v) is 1.48. The van der Waals surface area contributed by atoms with Crippen LogP contribution in [0.4, 0.5) is 5.69 Å². The van der Waals surface area contributed by atoms with Crippen molar-refractivity contribution in [1.82, 2.24) is 0 Å². The smallest absolute Gasteiger partial charge is 0.0588 e. The summed E-state index contributed by atoms with van der Waals surface area (Å²) < 4.78 is 0.967. The number of fused-ring (bicyclic) bond motifs is 1. The maximum absolute atomic E-state index is 10.8. The molecular weight excluding hydrogens is 271 g/mol. The van der Waals surface area contributed by atoms with Gasteiger partial charge in [0.2, 0.25) is 0 Å². The standard InChI is InChI=1S/C8H6BrNO.Zn/c9-6-2-1-5-3-8(11)10-7(5)4-6;/h1-2,4H,3H2,(H,10,11);/p-1. The second-order valence-electron chi connectivity index (χ2n) is 2.46. The van der Waals surface area contributed by atoms with Crippen LogP contribution in [0.25, 0.3) is 5.32 Å². The molecule has 0 spiro atoms. The fraction of sp³-hybridized carbons (Fsp3) is 0.125. The molecule has 0 N–H and O–H groups in total. The molecule has 1 aromatic rings. The Hall–Kier alpha value is -0.207. The van der Waals surface area contributed by atoms with Crippen LogP contribution in [0.2, 0.25) is 0 Å². The number of hydrogen-bond donors (Lipinski definition) is 0. The SMILES string of the molecule is O=C1Cc2ccc(Br)cc2[N-]1.[Zn]. The number of amides is 1. The van der Waals surface area contributed by atoms with E-state index >= 15 is 0 Å². The Balaban J connectivity index is 0.000000720. The van der Waals surface area contributed by atoms with Crippen molar-refractivity contribution < 1.29 is 24.3 Å². The molecule has 0 radical (unpaired) electrons. The first kappa shape index (κ1) is 9.88. The van der Waals surface area contributed by atoms with E-state index in [1.54, 1.807) is 0 Å². The molecule has 0 aliphatic carbocycles. The Kier molecular flexibility index (Phi) is 3.02. The van der Waals surface area contributed by atoms with Gasteiger partial charge in [0.05, 0.1) is 5.91 Å². The first-order chi connectivity index (χ1) is 5.25. The van der Waals surface area contributed by atoms with Crippen molar-refractivity contribution >= 4 is 27.5 Å². The summed E-state index contributed by atoms with van der Waals surface area (Å²) in [7, 11) is 0. The summed E-state index contributed by atoms with van der Waals surface area (Å²) in [4.78, 5) is 10.8. The van der Waals surface area contributed by atoms with Gasteiger partial charge in [-0.3, -0.25) is 0 Å². The van der Waals surface area contributed by atoms with E-state index in [-0.39, 0.29) is 25.4 Å². The zero-order chi connectivity index (χ0) is 7.84. The molecule has 1 aliphatic heterocycles. The predicted octanol–water partition coefficient (Wildman–Crippen LogP) is 2.53. The van der Waals surface area contributed by atoms with Gasteiger partial charge in [0.1, 0.15) is 0 Å². The van der Waals surface area contributed by atoms with Gasteiger partial charge in [-0.05, 0) is 6.07 Å². The summed E-state index contributed by atoms with van der Waals surface area (Å²) in [5.74, 6) is -0.0434. The van der Waals surface area contributed by atoms with Crippen molar-refractivity contribution in [2.45, 2.75) is 6.42 Å². The molecule has 0 unspecified atom stereocenters. The predicted molar refractivity (Wildman–Crippen MR) is 45.9 cm³/mol. The van der Waals surface area contributed by atoms with Gasteiger partial charge in [-0.25, -0.2) is 0 Å². The summed E-state index contributed by atoms with van der Waals surface area (Å²) in [5, 5.41) is 3.84. The minimum Gasteiger partial charge on any atom is -0.626 e. The Labute approximate surface area is 91.6 Å². The van der Waals surface area contributed by atoms with Crippen LogP contribution < -0.4 is 0 Å². The van der Waals surface area contributed by atoms with Gasteiger partial charge in [-0.15, -0.1) is 5.69 Å². The van der Waals surface area contributed by atoms with Crippen LogP contribution in [0.3, 0.4) is 0 Å². The van der Waals surface area contributed by atoms with Crippen LogP contribution in [-0.2, 0) is 30.7 Å². The maximum atomic E-state index is 10.8. The normalized spacial score (nSPS) is 13.2. The Bertz CT molecular complexity index is 327. The van der Waals surface area contributed by atoms with Crippen molar-refractivity contribution in [1.29, 1.82) is 0 Å². The quantitative estimate of drug-likeness (QED) is 0.670. The maximum Gasteiger partial charge on any atom is 0.0588 e. The van der Waals surface area contributed by atoms with Gasteiger partial charge in [-0.2, -0.15) is 0 Å². The number of benzene rings is 1. The Morgan fingerprint density at radius 2 is 2.17 bits per heavy atom. The fourth-order valence-electron chi connectivity index (χ4n) is 1.13. The van der Waals surface area contributed by atoms with E-state index in [4.69, 9.17) is 0 Å². The summed E-state index contributed by atoms with van der Waals surface area (Å²) >= 11 is 3.31. The molecule has 0 atom stereocenters.